The van der Waals surface area contributed by atoms with Crippen LogP contribution in [0.5, 0.6) is 23.0 Å². The molecule has 9 heteroatoms. The number of likely N-dealkylation sites (tertiary alicyclic amines) is 1. The molecule has 9 nitrogen and oxygen atoms in total. The van der Waals surface area contributed by atoms with E-state index in [-0.39, 0.29) is 17.9 Å². The van der Waals surface area contributed by atoms with Crippen LogP contribution in [0.3, 0.4) is 0 Å². The number of furan rings is 1. The molecule has 3 heterocycles. The number of Topliss-reactive ketones (excluding diaryl/α,β-unsaturated/α-hetero) is 1. The van der Waals surface area contributed by atoms with Gasteiger partial charge in [-0.1, -0.05) is 19.4 Å². The summed E-state index contributed by atoms with van der Waals surface area (Å²) in [4.78, 5) is 28.2. The summed E-state index contributed by atoms with van der Waals surface area (Å²) in [6.45, 7) is 5.73. The summed E-state index contributed by atoms with van der Waals surface area (Å²) in [6, 6.07) is 12.8. The van der Waals surface area contributed by atoms with Crippen LogP contribution < -0.4 is 18.9 Å². The van der Waals surface area contributed by atoms with Crippen LogP contribution >= 0.6 is 0 Å². The molecular formula is C30H31NO8. The predicted molar refractivity (Wildman–Crippen MR) is 142 cm³/mol. The second kappa shape index (κ2) is 11.6. The first-order valence-electron chi connectivity index (χ1n) is 13.1. The van der Waals surface area contributed by atoms with Crippen molar-refractivity contribution in [2.24, 2.45) is 0 Å². The van der Waals surface area contributed by atoms with Gasteiger partial charge in [0, 0.05) is 5.56 Å². The topological polar surface area (TPSA) is 108 Å². The fourth-order valence-corrected chi connectivity index (χ4v) is 4.71. The lowest BCUT2D eigenvalue weighted by molar-refractivity contribution is -0.140. The zero-order valence-electron chi connectivity index (χ0n) is 22.0. The summed E-state index contributed by atoms with van der Waals surface area (Å²) in [5.41, 5.74) is 0.890. The van der Waals surface area contributed by atoms with Crippen molar-refractivity contribution >= 4 is 17.4 Å². The highest BCUT2D eigenvalue weighted by atomic mass is 16.6. The maximum absolute atomic E-state index is 13.4. The number of hydrogen-bond donors (Lipinski definition) is 1. The molecule has 0 aliphatic carbocycles. The van der Waals surface area contributed by atoms with Gasteiger partial charge in [0.25, 0.3) is 11.7 Å². The van der Waals surface area contributed by atoms with Crippen molar-refractivity contribution in [3.05, 3.63) is 77.3 Å². The van der Waals surface area contributed by atoms with Gasteiger partial charge in [-0.25, -0.2) is 0 Å². The third-order valence-corrected chi connectivity index (χ3v) is 6.60. The van der Waals surface area contributed by atoms with Crippen LogP contribution in [0.25, 0.3) is 5.76 Å². The Morgan fingerprint density at radius 3 is 2.56 bits per heavy atom. The van der Waals surface area contributed by atoms with E-state index in [9.17, 15) is 14.7 Å². The van der Waals surface area contributed by atoms with Crippen LogP contribution in [0.15, 0.2) is 64.8 Å². The van der Waals surface area contributed by atoms with Crippen LogP contribution in [0.2, 0.25) is 0 Å². The number of carbonyl (C=O) groups excluding carboxylic acids is 2. The van der Waals surface area contributed by atoms with Crippen molar-refractivity contribution in [2.75, 3.05) is 26.4 Å². The van der Waals surface area contributed by atoms with Gasteiger partial charge in [-0.05, 0) is 61.4 Å². The number of unbranched alkanes of at least 4 members (excludes halogenated alkanes) is 1. The first kappa shape index (κ1) is 26.2. The van der Waals surface area contributed by atoms with Gasteiger partial charge in [0.1, 0.15) is 24.7 Å². The highest BCUT2D eigenvalue weighted by molar-refractivity contribution is 6.46. The Morgan fingerprint density at radius 2 is 1.82 bits per heavy atom. The first-order chi connectivity index (χ1) is 19.0. The number of carbonyl (C=O) groups is 2. The quantitative estimate of drug-likeness (QED) is 0.163. The van der Waals surface area contributed by atoms with Crippen molar-refractivity contribution in [3.63, 3.8) is 0 Å². The van der Waals surface area contributed by atoms with Crippen LogP contribution in [0.1, 0.15) is 49.6 Å². The van der Waals surface area contributed by atoms with Crippen molar-refractivity contribution in [1.82, 2.24) is 4.90 Å². The molecule has 204 valence electrons. The normalized spacial score (nSPS) is 17.9. The smallest absolute Gasteiger partial charge is 0.296 e. The van der Waals surface area contributed by atoms with Crippen LogP contribution in [0, 0.1) is 0 Å². The Kier molecular flexibility index (Phi) is 7.76. The molecule has 39 heavy (non-hydrogen) atoms. The van der Waals surface area contributed by atoms with E-state index < -0.39 is 17.7 Å². The van der Waals surface area contributed by atoms with E-state index in [0.717, 1.165) is 12.8 Å². The highest BCUT2D eigenvalue weighted by Gasteiger charge is 2.46. The number of ether oxygens (including phenoxy) is 4. The lowest BCUT2D eigenvalue weighted by Crippen LogP contribution is -2.29. The van der Waals surface area contributed by atoms with Gasteiger partial charge in [-0.15, -0.1) is 0 Å². The summed E-state index contributed by atoms with van der Waals surface area (Å²) in [7, 11) is 0. The molecule has 2 aromatic carbocycles. The van der Waals surface area contributed by atoms with Gasteiger partial charge in [0.05, 0.1) is 37.6 Å². The highest BCUT2D eigenvalue weighted by Crippen LogP contribution is 2.43. The van der Waals surface area contributed by atoms with Gasteiger partial charge < -0.3 is 33.4 Å². The minimum absolute atomic E-state index is 0.0367. The summed E-state index contributed by atoms with van der Waals surface area (Å²) in [5, 5.41) is 11.5. The van der Waals surface area contributed by atoms with E-state index in [0.29, 0.717) is 66.3 Å². The lowest BCUT2D eigenvalue weighted by Gasteiger charge is -2.25. The minimum Gasteiger partial charge on any atom is -0.507 e. The number of nitrogens with zero attached hydrogens (tertiary/aromatic N) is 1. The molecule has 0 spiro atoms. The number of fused-ring (bicyclic) bond motifs is 1. The van der Waals surface area contributed by atoms with Crippen LogP contribution in [-0.4, -0.2) is 48.1 Å². The molecule has 1 saturated heterocycles. The number of amides is 1. The van der Waals surface area contributed by atoms with E-state index in [4.69, 9.17) is 23.4 Å². The van der Waals surface area contributed by atoms with Crippen molar-refractivity contribution in [2.45, 2.75) is 39.3 Å². The van der Waals surface area contributed by atoms with E-state index in [2.05, 4.69) is 6.92 Å². The van der Waals surface area contributed by atoms with Gasteiger partial charge in [-0.2, -0.15) is 0 Å². The standard InChI is InChI=1S/C30H31NO8/c1-3-5-12-37-22-10-8-19(16-24(22)35-4-2)27-26(29(33)30(34)31(27)18-21-7-6-13-36-21)28(32)20-9-11-23-25(17-20)39-15-14-38-23/h6-11,13,16-17,27,32H,3-5,12,14-15,18H2,1-2H3. The first-order valence-corrected chi connectivity index (χ1v) is 13.1. The van der Waals surface area contributed by atoms with E-state index in [1.54, 1.807) is 48.5 Å². The zero-order chi connectivity index (χ0) is 27.4. The second-order valence-corrected chi connectivity index (χ2v) is 9.21. The third kappa shape index (κ3) is 5.30. The molecule has 1 amide bonds. The Bertz CT molecular complexity index is 1380. The number of rotatable bonds is 10. The van der Waals surface area contributed by atoms with Gasteiger partial charge in [0.2, 0.25) is 0 Å². The summed E-state index contributed by atoms with van der Waals surface area (Å²) in [6.07, 6.45) is 3.39. The largest absolute Gasteiger partial charge is 0.507 e. The molecule has 0 saturated carbocycles. The van der Waals surface area contributed by atoms with Gasteiger partial charge in [0.15, 0.2) is 23.0 Å². The molecule has 5 rings (SSSR count). The average molecular weight is 534 g/mol. The van der Waals surface area contributed by atoms with Crippen LogP contribution in [-0.2, 0) is 16.1 Å². The predicted octanol–water partition coefficient (Wildman–Crippen LogP) is 5.25. The molecule has 1 N–H and O–H groups in total. The molecule has 1 fully saturated rings. The molecule has 1 unspecified atom stereocenters. The number of benzene rings is 2. The minimum atomic E-state index is -0.896. The summed E-state index contributed by atoms with van der Waals surface area (Å²) in [5.74, 6) is 0.741. The molecule has 1 aromatic heterocycles. The molecule has 0 radical (unpaired) electrons. The number of hydrogen-bond acceptors (Lipinski definition) is 8. The molecule has 0 bridgehead atoms. The monoisotopic (exact) mass is 533 g/mol. The van der Waals surface area contributed by atoms with Gasteiger partial charge >= 0.3 is 0 Å². The summed E-state index contributed by atoms with van der Waals surface area (Å²) >= 11 is 0. The van der Waals surface area contributed by atoms with E-state index >= 15 is 0 Å². The second-order valence-electron chi connectivity index (χ2n) is 9.21. The van der Waals surface area contributed by atoms with E-state index in [1.165, 1.54) is 11.2 Å². The fourth-order valence-electron chi connectivity index (χ4n) is 4.71. The van der Waals surface area contributed by atoms with Crippen LogP contribution in [0.4, 0.5) is 0 Å². The Morgan fingerprint density at radius 1 is 1.00 bits per heavy atom. The van der Waals surface area contributed by atoms with E-state index in [1.807, 2.05) is 6.92 Å². The van der Waals surface area contributed by atoms with Crippen molar-refractivity contribution in [1.29, 1.82) is 0 Å². The Labute approximate surface area is 226 Å². The molecule has 1 atom stereocenters. The Balaban J connectivity index is 1.61. The maximum Gasteiger partial charge on any atom is 0.296 e. The third-order valence-electron chi connectivity index (χ3n) is 6.60. The molecule has 3 aromatic rings. The molecular weight excluding hydrogens is 502 g/mol. The van der Waals surface area contributed by atoms with Crippen molar-refractivity contribution < 1.29 is 38.1 Å². The maximum atomic E-state index is 13.4. The summed E-state index contributed by atoms with van der Waals surface area (Å²) < 4.78 is 28.5. The molecule has 2 aliphatic heterocycles. The zero-order valence-corrected chi connectivity index (χ0v) is 22.0. The van der Waals surface area contributed by atoms with Gasteiger partial charge in [-0.3, -0.25) is 9.59 Å². The number of ketones is 1. The SMILES string of the molecule is CCCCOc1ccc(C2C(=C(O)c3ccc4c(c3)OCCO4)C(=O)C(=O)N2Cc2ccco2)cc1OCC. The number of aliphatic hydroxyl groups is 1. The van der Waals surface area contributed by atoms with Crippen molar-refractivity contribution in [3.8, 4) is 23.0 Å². The molecule has 2 aliphatic rings. The average Bonchev–Trinajstić information content (AvgIpc) is 3.56. The Hall–Kier alpha value is -4.40. The number of aliphatic hydroxyl groups excluding tert-OH is 1. The fraction of sp³-hybridized carbons (Fsp3) is 0.333. The lowest BCUT2D eigenvalue weighted by atomic mass is 9.94.